The first kappa shape index (κ1) is 8.24. The lowest BCUT2D eigenvalue weighted by atomic mass is 10.4. The van der Waals surface area contributed by atoms with Crippen molar-refractivity contribution >= 4 is 15.9 Å². The normalized spacial score (nSPS) is 31.7. The minimum atomic E-state index is -0.406. The van der Waals surface area contributed by atoms with Crippen molar-refractivity contribution in [2.45, 2.75) is 25.7 Å². The molecule has 0 bridgehead atoms. The molecule has 1 saturated heterocycles. The van der Waals surface area contributed by atoms with Crippen molar-refractivity contribution in [1.82, 2.24) is 0 Å². The van der Waals surface area contributed by atoms with Crippen LogP contribution in [0.4, 0.5) is 0 Å². The second-order valence-electron chi connectivity index (χ2n) is 2.69. The number of hydrogen-bond donors (Lipinski definition) is 0. The Balaban J connectivity index is 2.43. The standard InChI is InChI=1S/C7H11BrO2/c1-7(2)9-5-6(10-7)3-4-8/h3-4,6H,5H2,1-2H3/b4-3+. The van der Waals surface area contributed by atoms with Gasteiger partial charge < -0.3 is 9.47 Å². The van der Waals surface area contributed by atoms with Gasteiger partial charge >= 0.3 is 0 Å². The van der Waals surface area contributed by atoms with Crippen molar-refractivity contribution < 1.29 is 9.47 Å². The van der Waals surface area contributed by atoms with E-state index in [1.54, 1.807) is 4.99 Å². The quantitative estimate of drug-likeness (QED) is 0.655. The maximum Gasteiger partial charge on any atom is 0.163 e. The second-order valence-corrected chi connectivity index (χ2v) is 3.21. The minimum Gasteiger partial charge on any atom is -0.347 e. The lowest BCUT2D eigenvalue weighted by Gasteiger charge is -2.15. The molecule has 1 aliphatic rings. The van der Waals surface area contributed by atoms with Crippen LogP contribution in [0.5, 0.6) is 0 Å². The minimum absolute atomic E-state index is 0.106. The first-order chi connectivity index (χ1) is 4.64. The molecule has 2 nitrogen and oxygen atoms in total. The van der Waals surface area contributed by atoms with Gasteiger partial charge in [-0.2, -0.15) is 0 Å². The fourth-order valence-corrected chi connectivity index (χ4v) is 1.23. The Morgan fingerprint density at radius 3 is 2.70 bits per heavy atom. The summed E-state index contributed by atoms with van der Waals surface area (Å²) < 4.78 is 10.8. The highest BCUT2D eigenvalue weighted by Crippen LogP contribution is 2.22. The van der Waals surface area contributed by atoms with Crippen LogP contribution in [0.15, 0.2) is 11.1 Å². The number of hydrogen-bond acceptors (Lipinski definition) is 2. The SMILES string of the molecule is CC1(C)OCC(/C=C/Br)O1. The van der Waals surface area contributed by atoms with Crippen LogP contribution in [0.2, 0.25) is 0 Å². The third-order valence-corrected chi connectivity index (χ3v) is 1.62. The van der Waals surface area contributed by atoms with Gasteiger partial charge in [0.15, 0.2) is 5.79 Å². The fraction of sp³-hybridized carbons (Fsp3) is 0.714. The van der Waals surface area contributed by atoms with E-state index in [4.69, 9.17) is 9.47 Å². The molecule has 0 N–H and O–H groups in total. The first-order valence-corrected chi connectivity index (χ1v) is 4.14. The summed E-state index contributed by atoms with van der Waals surface area (Å²) >= 11 is 3.18. The zero-order chi connectivity index (χ0) is 7.61. The van der Waals surface area contributed by atoms with E-state index in [-0.39, 0.29) is 6.10 Å². The molecule has 0 aromatic heterocycles. The summed E-state index contributed by atoms with van der Waals surface area (Å²) in [6.45, 7) is 4.47. The average molecular weight is 207 g/mol. The van der Waals surface area contributed by atoms with Crippen molar-refractivity contribution in [1.29, 1.82) is 0 Å². The molecule has 0 saturated carbocycles. The number of rotatable bonds is 1. The topological polar surface area (TPSA) is 18.5 Å². The Labute approximate surface area is 69.3 Å². The molecule has 1 unspecified atom stereocenters. The van der Waals surface area contributed by atoms with Crippen molar-refractivity contribution in [2.24, 2.45) is 0 Å². The van der Waals surface area contributed by atoms with Crippen LogP contribution in [0.1, 0.15) is 13.8 Å². The molecule has 1 fully saturated rings. The van der Waals surface area contributed by atoms with Gasteiger partial charge in [0, 0.05) is 0 Å². The molecule has 10 heavy (non-hydrogen) atoms. The molecule has 1 rings (SSSR count). The van der Waals surface area contributed by atoms with E-state index in [2.05, 4.69) is 15.9 Å². The zero-order valence-electron chi connectivity index (χ0n) is 6.13. The van der Waals surface area contributed by atoms with Gasteiger partial charge in [-0.25, -0.2) is 0 Å². The van der Waals surface area contributed by atoms with Gasteiger partial charge in [0.05, 0.1) is 6.61 Å². The molecular formula is C7H11BrO2. The highest BCUT2D eigenvalue weighted by Gasteiger charge is 2.30. The summed E-state index contributed by atoms with van der Waals surface area (Å²) in [6.07, 6.45) is 2.03. The van der Waals surface area contributed by atoms with Crippen LogP contribution in [0.25, 0.3) is 0 Å². The maximum absolute atomic E-state index is 5.45. The average Bonchev–Trinajstić information content (AvgIpc) is 2.12. The van der Waals surface area contributed by atoms with E-state index in [0.717, 1.165) is 0 Å². The van der Waals surface area contributed by atoms with Crippen molar-refractivity contribution in [3.05, 3.63) is 11.1 Å². The Morgan fingerprint density at radius 1 is 1.60 bits per heavy atom. The Morgan fingerprint density at radius 2 is 2.30 bits per heavy atom. The Kier molecular flexibility index (Phi) is 2.50. The number of ether oxygens (including phenoxy) is 2. The van der Waals surface area contributed by atoms with Crippen LogP contribution in [0, 0.1) is 0 Å². The highest BCUT2D eigenvalue weighted by molar-refractivity contribution is 9.11. The van der Waals surface area contributed by atoms with Crippen molar-refractivity contribution in [3.8, 4) is 0 Å². The molecule has 0 amide bonds. The van der Waals surface area contributed by atoms with Crippen LogP contribution in [-0.2, 0) is 9.47 Å². The second kappa shape index (κ2) is 3.03. The van der Waals surface area contributed by atoms with Gasteiger partial charge in [-0.05, 0) is 24.9 Å². The summed E-state index contributed by atoms with van der Waals surface area (Å²) in [5.41, 5.74) is 0. The van der Waals surface area contributed by atoms with Gasteiger partial charge in [-0.15, -0.1) is 0 Å². The molecule has 3 heteroatoms. The van der Waals surface area contributed by atoms with Gasteiger partial charge in [0.2, 0.25) is 0 Å². The predicted octanol–water partition coefficient (Wildman–Crippen LogP) is 2.05. The maximum atomic E-state index is 5.45. The molecule has 1 atom stereocenters. The van der Waals surface area contributed by atoms with Crippen molar-refractivity contribution in [2.75, 3.05) is 6.61 Å². The molecule has 1 aliphatic heterocycles. The lowest BCUT2D eigenvalue weighted by Crippen LogP contribution is -2.20. The summed E-state index contributed by atoms with van der Waals surface area (Å²) in [6, 6.07) is 0. The molecule has 0 spiro atoms. The van der Waals surface area contributed by atoms with E-state index in [1.165, 1.54) is 0 Å². The molecule has 0 radical (unpaired) electrons. The van der Waals surface area contributed by atoms with Crippen molar-refractivity contribution in [3.63, 3.8) is 0 Å². The third-order valence-electron chi connectivity index (χ3n) is 1.32. The van der Waals surface area contributed by atoms with E-state index < -0.39 is 5.79 Å². The monoisotopic (exact) mass is 206 g/mol. The molecule has 0 aromatic carbocycles. The smallest absolute Gasteiger partial charge is 0.163 e. The highest BCUT2D eigenvalue weighted by atomic mass is 79.9. The van der Waals surface area contributed by atoms with Gasteiger partial charge in [-0.3, -0.25) is 0 Å². The summed E-state index contributed by atoms with van der Waals surface area (Å²) in [4.78, 5) is 1.79. The molecule has 1 heterocycles. The Hall–Kier alpha value is 0.140. The fourth-order valence-electron chi connectivity index (χ4n) is 0.891. The largest absolute Gasteiger partial charge is 0.347 e. The third kappa shape index (κ3) is 2.08. The molecule has 0 aliphatic carbocycles. The van der Waals surface area contributed by atoms with Crippen LogP contribution in [-0.4, -0.2) is 18.5 Å². The lowest BCUT2D eigenvalue weighted by molar-refractivity contribution is -0.133. The Bertz CT molecular complexity index is 143. The summed E-state index contributed by atoms with van der Waals surface area (Å²) in [7, 11) is 0. The predicted molar refractivity (Wildman–Crippen MR) is 43.0 cm³/mol. The van der Waals surface area contributed by atoms with E-state index in [0.29, 0.717) is 6.61 Å². The van der Waals surface area contributed by atoms with Gasteiger partial charge in [0.1, 0.15) is 6.10 Å². The van der Waals surface area contributed by atoms with Gasteiger partial charge in [0.25, 0.3) is 0 Å². The van der Waals surface area contributed by atoms with E-state index >= 15 is 0 Å². The summed E-state index contributed by atoms with van der Waals surface area (Å²) in [5.74, 6) is -0.406. The van der Waals surface area contributed by atoms with E-state index in [9.17, 15) is 0 Å². The molecule has 58 valence electrons. The molecular weight excluding hydrogens is 196 g/mol. The number of halogens is 1. The molecule has 0 aromatic rings. The zero-order valence-corrected chi connectivity index (χ0v) is 7.72. The van der Waals surface area contributed by atoms with Gasteiger partial charge in [-0.1, -0.05) is 15.9 Å². The van der Waals surface area contributed by atoms with Crippen LogP contribution >= 0.6 is 15.9 Å². The van der Waals surface area contributed by atoms with Crippen LogP contribution < -0.4 is 0 Å². The summed E-state index contributed by atoms with van der Waals surface area (Å²) in [5, 5.41) is 0. The van der Waals surface area contributed by atoms with E-state index in [1.807, 2.05) is 19.9 Å². The van der Waals surface area contributed by atoms with Crippen LogP contribution in [0.3, 0.4) is 0 Å². The first-order valence-electron chi connectivity index (χ1n) is 3.23.